The zero-order valence-corrected chi connectivity index (χ0v) is 11.4. The van der Waals surface area contributed by atoms with Crippen LogP contribution in [0, 0.1) is 19.7 Å². The second-order valence-corrected chi connectivity index (χ2v) is 4.79. The second-order valence-electron chi connectivity index (χ2n) is 4.79. The third-order valence-electron chi connectivity index (χ3n) is 3.24. The Morgan fingerprint density at radius 3 is 2.10 bits per heavy atom. The van der Waals surface area contributed by atoms with E-state index in [4.69, 9.17) is 0 Å². The van der Waals surface area contributed by atoms with Crippen molar-refractivity contribution in [2.45, 2.75) is 20.0 Å². The smallest absolute Gasteiger partial charge is 0.289 e. The number of hydrogen-bond donors (Lipinski definition) is 0. The van der Waals surface area contributed by atoms with Crippen LogP contribution in [0.4, 0.5) is 17.6 Å². The molecular formula is C16H12F4O. The lowest BCUT2D eigenvalue weighted by atomic mass is 9.94. The quantitative estimate of drug-likeness (QED) is 0.580. The summed E-state index contributed by atoms with van der Waals surface area (Å²) < 4.78 is 51.4. The maximum atomic E-state index is 13.3. The lowest BCUT2D eigenvalue weighted by Gasteiger charge is -2.12. The van der Waals surface area contributed by atoms with Crippen LogP contribution in [0.25, 0.3) is 0 Å². The van der Waals surface area contributed by atoms with Gasteiger partial charge >= 0.3 is 6.18 Å². The van der Waals surface area contributed by atoms with Gasteiger partial charge in [0, 0.05) is 11.1 Å². The molecule has 0 radical (unpaired) electrons. The minimum atomic E-state index is -4.83. The average Bonchev–Trinajstić information content (AvgIpc) is 2.37. The van der Waals surface area contributed by atoms with Crippen LogP contribution in [0.2, 0.25) is 0 Å². The van der Waals surface area contributed by atoms with Crippen molar-refractivity contribution in [3.05, 3.63) is 70.0 Å². The fourth-order valence-corrected chi connectivity index (χ4v) is 2.20. The van der Waals surface area contributed by atoms with Crippen molar-refractivity contribution in [1.29, 1.82) is 0 Å². The normalized spacial score (nSPS) is 11.5. The molecule has 0 heterocycles. The Balaban J connectivity index is 2.55. The summed E-state index contributed by atoms with van der Waals surface area (Å²) in [6, 6.07) is 7.46. The van der Waals surface area contributed by atoms with Crippen LogP contribution in [-0.4, -0.2) is 5.78 Å². The SMILES string of the molecule is Cc1cccc(C)c1C(=O)c1ccc(F)c(C(F)(F)F)c1. The van der Waals surface area contributed by atoms with Crippen LogP contribution < -0.4 is 0 Å². The molecule has 0 N–H and O–H groups in total. The van der Waals surface area contributed by atoms with Crippen LogP contribution in [0.1, 0.15) is 32.6 Å². The van der Waals surface area contributed by atoms with E-state index in [-0.39, 0.29) is 5.56 Å². The first-order valence-corrected chi connectivity index (χ1v) is 6.19. The number of carbonyl (C=O) groups excluding carboxylic acids is 1. The number of halogens is 4. The first-order valence-electron chi connectivity index (χ1n) is 6.19. The van der Waals surface area contributed by atoms with E-state index in [0.29, 0.717) is 28.8 Å². The summed E-state index contributed by atoms with van der Waals surface area (Å²) in [6.45, 7) is 3.41. The summed E-state index contributed by atoms with van der Waals surface area (Å²) in [4.78, 5) is 12.4. The third-order valence-corrected chi connectivity index (χ3v) is 3.24. The van der Waals surface area contributed by atoms with E-state index in [9.17, 15) is 22.4 Å². The molecular weight excluding hydrogens is 284 g/mol. The standard InChI is InChI=1S/C16H12F4O/c1-9-4-3-5-10(2)14(9)15(21)11-6-7-13(17)12(8-11)16(18,19)20/h3-8H,1-2H3. The van der Waals surface area contributed by atoms with Crippen LogP contribution in [0.3, 0.4) is 0 Å². The highest BCUT2D eigenvalue weighted by Gasteiger charge is 2.34. The predicted octanol–water partition coefficient (Wildman–Crippen LogP) is 4.69. The Bertz CT molecular complexity index is 682. The Hall–Kier alpha value is -2.17. The molecule has 0 aliphatic carbocycles. The molecule has 0 saturated carbocycles. The van der Waals surface area contributed by atoms with E-state index >= 15 is 0 Å². The Labute approximate surface area is 119 Å². The molecule has 0 saturated heterocycles. The van der Waals surface area contributed by atoms with Gasteiger partial charge in [0.2, 0.25) is 0 Å². The summed E-state index contributed by atoms with van der Waals surface area (Å²) in [5.74, 6) is -1.93. The molecule has 21 heavy (non-hydrogen) atoms. The van der Waals surface area contributed by atoms with Gasteiger partial charge in [-0.3, -0.25) is 4.79 Å². The lowest BCUT2D eigenvalue weighted by Crippen LogP contribution is -2.12. The summed E-state index contributed by atoms with van der Waals surface area (Å²) in [6.07, 6.45) is -4.83. The predicted molar refractivity (Wildman–Crippen MR) is 70.8 cm³/mol. The third kappa shape index (κ3) is 2.96. The number of alkyl halides is 3. The summed E-state index contributed by atoms with van der Waals surface area (Å²) in [5.41, 5.74) is 0.0636. The van der Waals surface area contributed by atoms with E-state index in [1.807, 2.05) is 0 Å². The summed E-state index contributed by atoms with van der Waals surface area (Å²) in [5, 5.41) is 0. The molecule has 0 atom stereocenters. The highest BCUT2D eigenvalue weighted by Crippen LogP contribution is 2.32. The lowest BCUT2D eigenvalue weighted by molar-refractivity contribution is -0.140. The molecule has 0 unspecified atom stereocenters. The monoisotopic (exact) mass is 296 g/mol. The van der Waals surface area contributed by atoms with Crippen molar-refractivity contribution in [2.75, 3.05) is 0 Å². The molecule has 0 aliphatic heterocycles. The molecule has 1 nitrogen and oxygen atoms in total. The molecule has 0 fully saturated rings. The molecule has 2 aromatic rings. The van der Waals surface area contributed by atoms with Gasteiger partial charge in [-0.15, -0.1) is 0 Å². The van der Waals surface area contributed by atoms with Gasteiger partial charge in [0.1, 0.15) is 5.82 Å². The van der Waals surface area contributed by atoms with Crippen molar-refractivity contribution < 1.29 is 22.4 Å². The Morgan fingerprint density at radius 1 is 1.00 bits per heavy atom. The fraction of sp³-hybridized carbons (Fsp3) is 0.188. The fourth-order valence-electron chi connectivity index (χ4n) is 2.20. The van der Waals surface area contributed by atoms with Gasteiger partial charge in [0.25, 0.3) is 0 Å². The molecule has 2 aromatic carbocycles. The molecule has 0 amide bonds. The van der Waals surface area contributed by atoms with Crippen molar-refractivity contribution in [3.63, 3.8) is 0 Å². The average molecular weight is 296 g/mol. The van der Waals surface area contributed by atoms with Gasteiger partial charge in [-0.1, -0.05) is 18.2 Å². The molecule has 0 bridgehead atoms. The second kappa shape index (κ2) is 5.31. The summed E-state index contributed by atoms with van der Waals surface area (Å²) >= 11 is 0. The zero-order valence-electron chi connectivity index (χ0n) is 11.4. The van der Waals surface area contributed by atoms with Gasteiger partial charge in [-0.25, -0.2) is 4.39 Å². The van der Waals surface area contributed by atoms with Crippen LogP contribution >= 0.6 is 0 Å². The van der Waals surface area contributed by atoms with Gasteiger partial charge < -0.3 is 0 Å². The van der Waals surface area contributed by atoms with E-state index in [1.54, 1.807) is 32.0 Å². The number of benzene rings is 2. The van der Waals surface area contributed by atoms with Crippen LogP contribution in [0.5, 0.6) is 0 Å². The minimum absolute atomic E-state index is 0.180. The maximum absolute atomic E-state index is 13.3. The first-order chi connectivity index (χ1) is 9.71. The van der Waals surface area contributed by atoms with Gasteiger partial charge in [0.15, 0.2) is 5.78 Å². The largest absolute Gasteiger partial charge is 0.419 e. The molecule has 5 heteroatoms. The Kier molecular flexibility index (Phi) is 3.85. The van der Waals surface area contributed by atoms with Crippen molar-refractivity contribution in [2.24, 2.45) is 0 Å². The van der Waals surface area contributed by atoms with Gasteiger partial charge in [-0.2, -0.15) is 13.2 Å². The van der Waals surface area contributed by atoms with E-state index in [2.05, 4.69) is 0 Å². The number of carbonyl (C=O) groups is 1. The number of aryl methyl sites for hydroxylation is 2. The summed E-state index contributed by atoms with van der Waals surface area (Å²) in [7, 11) is 0. The molecule has 0 aliphatic rings. The highest BCUT2D eigenvalue weighted by molar-refractivity contribution is 6.10. The minimum Gasteiger partial charge on any atom is -0.289 e. The van der Waals surface area contributed by atoms with E-state index < -0.39 is 23.3 Å². The van der Waals surface area contributed by atoms with Crippen molar-refractivity contribution >= 4 is 5.78 Å². The van der Waals surface area contributed by atoms with Crippen LogP contribution in [0.15, 0.2) is 36.4 Å². The van der Waals surface area contributed by atoms with Gasteiger partial charge in [-0.05, 0) is 43.2 Å². The maximum Gasteiger partial charge on any atom is 0.419 e. The molecule has 2 rings (SSSR count). The van der Waals surface area contributed by atoms with Crippen LogP contribution in [-0.2, 0) is 6.18 Å². The highest BCUT2D eigenvalue weighted by atomic mass is 19.4. The van der Waals surface area contributed by atoms with E-state index in [1.165, 1.54) is 0 Å². The van der Waals surface area contributed by atoms with E-state index in [0.717, 1.165) is 6.07 Å². The molecule has 0 spiro atoms. The zero-order chi connectivity index (χ0) is 15.8. The molecule has 110 valence electrons. The first kappa shape index (κ1) is 15.2. The number of hydrogen-bond acceptors (Lipinski definition) is 1. The van der Waals surface area contributed by atoms with Gasteiger partial charge in [0.05, 0.1) is 5.56 Å². The number of rotatable bonds is 2. The Morgan fingerprint density at radius 2 is 1.57 bits per heavy atom. The topological polar surface area (TPSA) is 17.1 Å². The number of ketones is 1. The van der Waals surface area contributed by atoms with Crippen molar-refractivity contribution in [3.8, 4) is 0 Å². The molecule has 0 aromatic heterocycles. The van der Waals surface area contributed by atoms with Crippen molar-refractivity contribution in [1.82, 2.24) is 0 Å².